The Kier molecular flexibility index (Phi) is 4.87. The minimum absolute atomic E-state index is 0.0271. The van der Waals surface area contributed by atoms with Crippen molar-refractivity contribution in [2.75, 3.05) is 0 Å². The van der Waals surface area contributed by atoms with Crippen molar-refractivity contribution >= 4 is 5.82 Å². The number of rotatable bonds is 7. The fraction of sp³-hybridized carbons (Fsp3) is 0.267. The van der Waals surface area contributed by atoms with Crippen LogP contribution in [0.2, 0.25) is 0 Å². The summed E-state index contributed by atoms with van der Waals surface area (Å²) in [7, 11) is 0. The predicted molar refractivity (Wildman–Crippen MR) is 83.7 cm³/mol. The molecule has 0 spiro atoms. The van der Waals surface area contributed by atoms with Crippen LogP contribution in [0.3, 0.4) is 0 Å². The van der Waals surface area contributed by atoms with E-state index in [1.807, 2.05) is 0 Å². The van der Waals surface area contributed by atoms with Gasteiger partial charge in [0, 0.05) is 12.0 Å². The lowest BCUT2D eigenvalue weighted by Gasteiger charge is -2.03. The van der Waals surface area contributed by atoms with Gasteiger partial charge in [0.15, 0.2) is 0 Å². The van der Waals surface area contributed by atoms with Crippen LogP contribution in [0.25, 0.3) is 11.5 Å². The zero-order valence-electron chi connectivity index (χ0n) is 13.5. The number of alkyl halides is 2. The molecule has 0 atom stereocenters. The first-order valence-corrected chi connectivity index (χ1v) is 7.49. The van der Waals surface area contributed by atoms with Crippen molar-refractivity contribution in [3.8, 4) is 17.2 Å². The van der Waals surface area contributed by atoms with Crippen LogP contribution in [0.1, 0.15) is 11.6 Å². The number of hydrogen-bond acceptors (Lipinski definition) is 7. The van der Waals surface area contributed by atoms with E-state index in [4.69, 9.17) is 4.42 Å². The highest BCUT2D eigenvalue weighted by Gasteiger charge is 2.16. The summed E-state index contributed by atoms with van der Waals surface area (Å²) in [6, 6.07) is 7.17. The summed E-state index contributed by atoms with van der Waals surface area (Å²) in [6.07, 6.45) is 0.333. The van der Waals surface area contributed by atoms with Gasteiger partial charge < -0.3 is 19.3 Å². The van der Waals surface area contributed by atoms with Crippen molar-refractivity contribution in [1.29, 1.82) is 0 Å². The lowest BCUT2D eigenvalue weighted by molar-refractivity contribution is -0.389. The van der Waals surface area contributed by atoms with E-state index in [0.29, 0.717) is 30.1 Å². The molecule has 0 amide bonds. The van der Waals surface area contributed by atoms with Gasteiger partial charge in [0.05, 0.1) is 23.4 Å². The van der Waals surface area contributed by atoms with Gasteiger partial charge >= 0.3 is 12.4 Å². The van der Waals surface area contributed by atoms with E-state index in [2.05, 4.69) is 20.0 Å². The maximum Gasteiger partial charge on any atom is 0.390 e. The molecule has 11 heteroatoms. The van der Waals surface area contributed by atoms with Crippen molar-refractivity contribution in [1.82, 2.24) is 20.0 Å². The lowest BCUT2D eigenvalue weighted by atomic mass is 10.2. The molecule has 136 valence electrons. The van der Waals surface area contributed by atoms with E-state index in [1.165, 1.54) is 35.0 Å². The van der Waals surface area contributed by atoms with Crippen molar-refractivity contribution in [3.63, 3.8) is 0 Å². The van der Waals surface area contributed by atoms with Crippen molar-refractivity contribution in [2.24, 2.45) is 0 Å². The highest BCUT2D eigenvalue weighted by Crippen LogP contribution is 2.22. The molecule has 0 N–H and O–H groups in total. The quantitative estimate of drug-likeness (QED) is 0.467. The molecule has 26 heavy (non-hydrogen) atoms. The highest BCUT2D eigenvalue weighted by atomic mass is 19.3. The number of nitro groups is 1. The number of hydrogen-bond donors (Lipinski definition) is 0. The molecule has 3 rings (SSSR count). The predicted octanol–water partition coefficient (Wildman–Crippen LogP) is 2.99. The normalized spacial score (nSPS) is 11.1. The van der Waals surface area contributed by atoms with E-state index in [1.54, 1.807) is 6.92 Å². The van der Waals surface area contributed by atoms with Crippen molar-refractivity contribution in [2.45, 2.75) is 26.5 Å². The van der Waals surface area contributed by atoms with Gasteiger partial charge in [-0.15, -0.1) is 10.2 Å². The zero-order valence-corrected chi connectivity index (χ0v) is 13.5. The Labute approximate surface area is 145 Å². The first kappa shape index (κ1) is 17.5. The van der Waals surface area contributed by atoms with Crippen LogP contribution in [0.4, 0.5) is 14.6 Å². The molecular formula is C15H13F2N5O4. The molecular weight excluding hydrogens is 352 g/mol. The van der Waals surface area contributed by atoms with Crippen LogP contribution in [-0.4, -0.2) is 31.5 Å². The molecule has 2 aromatic heterocycles. The standard InChI is InChI=1S/C15H13F2N5O4/c1-9-8-12(22(23)24)20-21(9)7-6-13-18-19-14(26-13)10-2-4-11(5-3-10)25-15(16)17/h2-5,8,15H,6-7H2,1H3. The molecule has 0 unspecified atom stereocenters. The van der Waals surface area contributed by atoms with Crippen LogP contribution in [0.5, 0.6) is 5.75 Å². The molecule has 0 fully saturated rings. The third-order valence-electron chi connectivity index (χ3n) is 3.49. The Morgan fingerprint density at radius 1 is 1.31 bits per heavy atom. The summed E-state index contributed by atoms with van der Waals surface area (Å²) in [5, 5.41) is 22.4. The van der Waals surface area contributed by atoms with Gasteiger partial charge in [-0.1, -0.05) is 0 Å². The molecule has 0 saturated heterocycles. The number of aromatic nitrogens is 4. The Morgan fingerprint density at radius 3 is 2.65 bits per heavy atom. The van der Waals surface area contributed by atoms with Crippen LogP contribution in [0.15, 0.2) is 34.7 Å². The third kappa shape index (κ3) is 3.99. The molecule has 9 nitrogen and oxygen atoms in total. The van der Waals surface area contributed by atoms with Crippen LogP contribution >= 0.6 is 0 Å². The van der Waals surface area contributed by atoms with Gasteiger partial charge in [0.2, 0.25) is 11.8 Å². The second-order valence-corrected chi connectivity index (χ2v) is 5.28. The average Bonchev–Trinajstić information content (AvgIpc) is 3.20. The Hall–Kier alpha value is -3.37. The molecule has 0 aliphatic heterocycles. The topological polar surface area (TPSA) is 109 Å². The smallest absolute Gasteiger partial charge is 0.390 e. The number of nitrogens with zero attached hydrogens (tertiary/aromatic N) is 5. The zero-order chi connectivity index (χ0) is 18.7. The van der Waals surface area contributed by atoms with Gasteiger partial charge in [-0.25, -0.2) is 0 Å². The van der Waals surface area contributed by atoms with E-state index >= 15 is 0 Å². The van der Waals surface area contributed by atoms with Crippen molar-refractivity contribution in [3.05, 3.63) is 52.0 Å². The summed E-state index contributed by atoms with van der Waals surface area (Å²) < 4.78 is 35.6. The maximum absolute atomic E-state index is 12.1. The van der Waals surface area contributed by atoms with Gasteiger partial charge in [0.25, 0.3) is 0 Å². The molecule has 0 bridgehead atoms. The Balaban J connectivity index is 1.65. The summed E-state index contributed by atoms with van der Waals surface area (Å²) in [4.78, 5) is 10.2. The molecule has 2 heterocycles. The SMILES string of the molecule is Cc1cc([N+](=O)[O-])nn1CCc1nnc(-c2ccc(OC(F)F)cc2)o1. The number of aryl methyl sites for hydroxylation is 3. The molecule has 0 saturated carbocycles. The first-order valence-electron chi connectivity index (χ1n) is 7.49. The largest absolute Gasteiger partial charge is 0.435 e. The minimum atomic E-state index is -2.89. The molecule has 1 aromatic carbocycles. The van der Waals surface area contributed by atoms with E-state index in [0.717, 1.165) is 0 Å². The van der Waals surface area contributed by atoms with Crippen LogP contribution < -0.4 is 4.74 Å². The second-order valence-electron chi connectivity index (χ2n) is 5.28. The fourth-order valence-electron chi connectivity index (χ4n) is 2.26. The maximum atomic E-state index is 12.1. The summed E-state index contributed by atoms with van der Waals surface area (Å²) in [6.45, 7) is -0.845. The Bertz CT molecular complexity index is 907. The Morgan fingerprint density at radius 2 is 2.04 bits per heavy atom. The van der Waals surface area contributed by atoms with E-state index in [9.17, 15) is 18.9 Å². The molecule has 3 aromatic rings. The van der Waals surface area contributed by atoms with Crippen LogP contribution in [0, 0.1) is 17.0 Å². The highest BCUT2D eigenvalue weighted by molar-refractivity contribution is 5.53. The lowest BCUT2D eigenvalue weighted by Crippen LogP contribution is -2.05. The van der Waals surface area contributed by atoms with Gasteiger partial charge in [0.1, 0.15) is 5.75 Å². The van der Waals surface area contributed by atoms with Crippen LogP contribution in [-0.2, 0) is 13.0 Å². The van der Waals surface area contributed by atoms with E-state index < -0.39 is 11.5 Å². The second kappa shape index (κ2) is 7.25. The molecule has 0 aliphatic rings. The average molecular weight is 365 g/mol. The van der Waals surface area contributed by atoms with Crippen molar-refractivity contribution < 1.29 is 22.9 Å². The summed E-state index contributed by atoms with van der Waals surface area (Å²) >= 11 is 0. The van der Waals surface area contributed by atoms with E-state index in [-0.39, 0.29) is 17.5 Å². The minimum Gasteiger partial charge on any atom is -0.435 e. The first-order chi connectivity index (χ1) is 12.4. The van der Waals surface area contributed by atoms with Gasteiger partial charge in [-0.05, 0) is 36.1 Å². The molecule has 0 aliphatic carbocycles. The molecule has 0 radical (unpaired) electrons. The van der Waals surface area contributed by atoms with Gasteiger partial charge in [-0.3, -0.25) is 0 Å². The summed E-state index contributed by atoms with van der Waals surface area (Å²) in [5.74, 6) is 0.358. The number of halogens is 2. The third-order valence-corrected chi connectivity index (χ3v) is 3.49. The monoisotopic (exact) mass is 365 g/mol. The number of benzene rings is 1. The number of ether oxygens (including phenoxy) is 1. The summed E-state index contributed by atoms with van der Waals surface area (Å²) in [5.41, 5.74) is 1.20. The van der Waals surface area contributed by atoms with Gasteiger partial charge in [-0.2, -0.15) is 13.5 Å². The fourth-order valence-corrected chi connectivity index (χ4v) is 2.26.